The van der Waals surface area contributed by atoms with Crippen LogP contribution in [-0.2, 0) is 4.79 Å². The summed E-state index contributed by atoms with van der Waals surface area (Å²) < 4.78 is 0. The summed E-state index contributed by atoms with van der Waals surface area (Å²) in [7, 11) is 0. The van der Waals surface area contributed by atoms with E-state index in [2.05, 4.69) is 25.3 Å². The summed E-state index contributed by atoms with van der Waals surface area (Å²) in [6, 6.07) is 2.10. The molecule has 1 unspecified atom stereocenters. The Morgan fingerprint density at radius 2 is 2.45 bits per heavy atom. The second-order valence-corrected chi connectivity index (χ2v) is 3.72. The van der Waals surface area contributed by atoms with Gasteiger partial charge < -0.3 is 4.79 Å². The van der Waals surface area contributed by atoms with Gasteiger partial charge in [0.15, 0.2) is 0 Å². The monoisotopic (exact) mass is 168 g/mol. The molecule has 0 spiro atoms. The Morgan fingerprint density at radius 3 is 2.91 bits per heavy atom. The van der Waals surface area contributed by atoms with E-state index in [-0.39, 0.29) is 0 Å². The van der Waals surface area contributed by atoms with Crippen LogP contribution in [0.15, 0.2) is 11.4 Å². The zero-order valence-corrected chi connectivity index (χ0v) is 7.65. The molecule has 0 aliphatic rings. The van der Waals surface area contributed by atoms with Crippen molar-refractivity contribution in [3.8, 4) is 0 Å². The Labute approximate surface area is 71.1 Å². The first-order valence-corrected chi connectivity index (χ1v) is 4.61. The molecule has 1 aromatic rings. The highest BCUT2D eigenvalue weighted by Gasteiger charge is 2.08. The van der Waals surface area contributed by atoms with Gasteiger partial charge in [-0.2, -0.15) is 0 Å². The molecule has 11 heavy (non-hydrogen) atoms. The fraction of sp³-hybridized carbons (Fsp3) is 0.444. The maximum atomic E-state index is 10.2. The lowest BCUT2D eigenvalue weighted by Crippen LogP contribution is -1.92. The molecule has 1 atom stereocenters. The summed E-state index contributed by atoms with van der Waals surface area (Å²) in [4.78, 5) is 11.6. The predicted octanol–water partition coefficient (Wildman–Crippen LogP) is 2.75. The van der Waals surface area contributed by atoms with Gasteiger partial charge in [-0.1, -0.05) is 6.92 Å². The van der Waals surface area contributed by atoms with Crippen molar-refractivity contribution in [1.29, 1.82) is 0 Å². The van der Waals surface area contributed by atoms with Crippen LogP contribution in [0.5, 0.6) is 0 Å². The van der Waals surface area contributed by atoms with Gasteiger partial charge in [0.2, 0.25) is 0 Å². The van der Waals surface area contributed by atoms with E-state index in [0.717, 1.165) is 6.29 Å². The van der Waals surface area contributed by atoms with Crippen LogP contribution < -0.4 is 0 Å². The highest BCUT2D eigenvalue weighted by atomic mass is 32.1. The number of aryl methyl sites for hydroxylation is 1. The van der Waals surface area contributed by atoms with E-state index in [1.165, 1.54) is 10.4 Å². The Bertz CT molecular complexity index is 239. The molecule has 0 aromatic carbocycles. The third kappa shape index (κ3) is 1.90. The predicted molar refractivity (Wildman–Crippen MR) is 48.2 cm³/mol. The van der Waals surface area contributed by atoms with Crippen LogP contribution in [-0.4, -0.2) is 6.29 Å². The topological polar surface area (TPSA) is 17.1 Å². The van der Waals surface area contributed by atoms with Gasteiger partial charge in [-0.05, 0) is 29.9 Å². The molecule has 0 saturated heterocycles. The summed E-state index contributed by atoms with van der Waals surface area (Å²) in [5.41, 5.74) is 1.31. The zero-order chi connectivity index (χ0) is 8.27. The Hall–Kier alpha value is -0.630. The van der Waals surface area contributed by atoms with Gasteiger partial charge in [0.1, 0.15) is 6.29 Å². The third-order valence-electron chi connectivity index (χ3n) is 1.80. The molecule has 0 saturated carbocycles. The molecule has 0 bridgehead atoms. The maximum absolute atomic E-state index is 10.2. The number of thiophene rings is 1. The lowest BCUT2D eigenvalue weighted by atomic mass is 10.0. The van der Waals surface area contributed by atoms with Crippen molar-refractivity contribution in [2.75, 3.05) is 0 Å². The Morgan fingerprint density at radius 1 is 1.73 bits per heavy atom. The van der Waals surface area contributed by atoms with E-state index in [9.17, 15) is 4.79 Å². The lowest BCUT2D eigenvalue weighted by molar-refractivity contribution is -0.108. The van der Waals surface area contributed by atoms with Crippen LogP contribution >= 0.6 is 11.3 Å². The van der Waals surface area contributed by atoms with Gasteiger partial charge in [-0.3, -0.25) is 0 Å². The molecule has 0 fully saturated rings. The molecule has 1 heterocycles. The number of carbonyl (C=O) groups excluding carboxylic acids is 1. The van der Waals surface area contributed by atoms with Gasteiger partial charge in [0, 0.05) is 11.3 Å². The molecule has 2 heteroatoms. The molecular weight excluding hydrogens is 156 g/mol. The number of carbonyl (C=O) groups is 1. The van der Waals surface area contributed by atoms with Crippen molar-refractivity contribution >= 4 is 17.6 Å². The average Bonchev–Trinajstić information content (AvgIpc) is 2.36. The fourth-order valence-electron chi connectivity index (χ4n) is 1.14. The number of aldehydes is 1. The second-order valence-electron chi connectivity index (χ2n) is 2.77. The van der Waals surface area contributed by atoms with Crippen LogP contribution in [0.4, 0.5) is 0 Å². The first-order chi connectivity index (χ1) is 5.25. The molecule has 0 aliphatic heterocycles. The van der Waals surface area contributed by atoms with Crippen molar-refractivity contribution < 1.29 is 4.79 Å². The minimum Gasteiger partial charge on any atom is -0.303 e. The Kier molecular flexibility index (Phi) is 2.83. The minimum atomic E-state index is 0.396. The van der Waals surface area contributed by atoms with E-state index >= 15 is 0 Å². The van der Waals surface area contributed by atoms with Crippen LogP contribution in [0, 0.1) is 6.92 Å². The summed E-state index contributed by atoms with van der Waals surface area (Å²) in [6.07, 6.45) is 1.63. The smallest absolute Gasteiger partial charge is 0.120 e. The third-order valence-corrected chi connectivity index (χ3v) is 3.05. The van der Waals surface area contributed by atoms with Crippen molar-refractivity contribution in [2.45, 2.75) is 26.2 Å². The number of rotatable bonds is 3. The highest BCUT2D eigenvalue weighted by molar-refractivity contribution is 7.10. The lowest BCUT2D eigenvalue weighted by Gasteiger charge is -2.05. The van der Waals surface area contributed by atoms with Crippen molar-refractivity contribution in [3.63, 3.8) is 0 Å². The fourth-order valence-corrected chi connectivity index (χ4v) is 2.14. The summed E-state index contributed by atoms with van der Waals surface area (Å²) in [5, 5.41) is 2.08. The first kappa shape index (κ1) is 8.47. The van der Waals surface area contributed by atoms with E-state index in [0.29, 0.717) is 12.3 Å². The molecule has 0 N–H and O–H groups in total. The molecular formula is C9H12OS. The van der Waals surface area contributed by atoms with Crippen LogP contribution in [0.1, 0.15) is 29.7 Å². The largest absolute Gasteiger partial charge is 0.303 e. The molecule has 0 radical (unpaired) electrons. The molecule has 60 valence electrons. The summed E-state index contributed by atoms with van der Waals surface area (Å²) in [5.74, 6) is 0.396. The van der Waals surface area contributed by atoms with Crippen molar-refractivity contribution in [2.24, 2.45) is 0 Å². The SMILES string of the molecule is Cc1ccsc1C(C)CC=O. The summed E-state index contributed by atoms with van der Waals surface area (Å²) in [6.45, 7) is 4.18. The van der Waals surface area contributed by atoms with Crippen LogP contribution in [0.3, 0.4) is 0 Å². The second kappa shape index (κ2) is 3.67. The Balaban J connectivity index is 2.74. The molecule has 0 amide bonds. The molecule has 1 rings (SSSR count). The van der Waals surface area contributed by atoms with Crippen LogP contribution in [0.2, 0.25) is 0 Å². The molecule has 1 nitrogen and oxygen atoms in total. The first-order valence-electron chi connectivity index (χ1n) is 3.73. The normalized spacial score (nSPS) is 12.9. The highest BCUT2D eigenvalue weighted by Crippen LogP contribution is 2.26. The van der Waals surface area contributed by atoms with E-state index < -0.39 is 0 Å². The molecule has 0 aliphatic carbocycles. The number of hydrogen-bond donors (Lipinski definition) is 0. The van der Waals surface area contributed by atoms with Crippen molar-refractivity contribution in [3.05, 3.63) is 21.9 Å². The van der Waals surface area contributed by atoms with Gasteiger partial charge in [-0.25, -0.2) is 0 Å². The maximum Gasteiger partial charge on any atom is 0.120 e. The van der Waals surface area contributed by atoms with Gasteiger partial charge >= 0.3 is 0 Å². The molecule has 1 aromatic heterocycles. The van der Waals surface area contributed by atoms with Gasteiger partial charge in [0.05, 0.1) is 0 Å². The zero-order valence-electron chi connectivity index (χ0n) is 6.83. The standard InChI is InChI=1S/C9H12OS/c1-7(3-5-10)9-8(2)4-6-11-9/h4-7H,3H2,1-2H3. The van der Waals surface area contributed by atoms with Crippen molar-refractivity contribution in [1.82, 2.24) is 0 Å². The van der Waals surface area contributed by atoms with Gasteiger partial charge in [0.25, 0.3) is 0 Å². The van der Waals surface area contributed by atoms with Crippen LogP contribution in [0.25, 0.3) is 0 Å². The summed E-state index contributed by atoms with van der Waals surface area (Å²) >= 11 is 1.74. The van der Waals surface area contributed by atoms with E-state index in [1.807, 2.05) is 0 Å². The quantitative estimate of drug-likeness (QED) is 0.634. The number of hydrogen-bond acceptors (Lipinski definition) is 2. The minimum absolute atomic E-state index is 0.396. The van der Waals surface area contributed by atoms with Gasteiger partial charge in [-0.15, -0.1) is 11.3 Å². The van der Waals surface area contributed by atoms with E-state index in [1.54, 1.807) is 11.3 Å². The average molecular weight is 168 g/mol. The van der Waals surface area contributed by atoms with E-state index in [4.69, 9.17) is 0 Å².